The molecule has 0 atom stereocenters. The number of hydrogen-bond acceptors (Lipinski definition) is 3. The third-order valence-corrected chi connectivity index (χ3v) is 3.95. The summed E-state index contributed by atoms with van der Waals surface area (Å²) in [5.41, 5.74) is 2.24. The smallest absolute Gasteiger partial charge is 0.243 e. The number of fused-ring (bicyclic) bond motifs is 1. The normalized spacial score (nSPS) is 10.3. The Morgan fingerprint density at radius 1 is 0.731 bits per heavy atom. The molecule has 0 heterocycles. The zero-order valence-electron chi connectivity index (χ0n) is 14.6. The minimum Gasteiger partial charge on any atom is -0.376 e. The molecule has 5 heteroatoms. The second-order valence-corrected chi connectivity index (χ2v) is 5.95. The molecule has 0 bridgehead atoms. The van der Waals surface area contributed by atoms with E-state index in [1.54, 1.807) is 13.0 Å². The van der Waals surface area contributed by atoms with Gasteiger partial charge in [0, 0.05) is 23.5 Å². The molecule has 0 radical (unpaired) electrons. The minimum absolute atomic E-state index is 0.0452. The van der Waals surface area contributed by atoms with E-state index in [0.29, 0.717) is 12.1 Å². The highest BCUT2D eigenvalue weighted by Crippen LogP contribution is 2.19. The van der Waals surface area contributed by atoms with Crippen molar-refractivity contribution >= 4 is 39.6 Å². The Kier molecular flexibility index (Phi) is 5.49. The second-order valence-electron chi connectivity index (χ2n) is 5.95. The van der Waals surface area contributed by atoms with Gasteiger partial charge >= 0.3 is 0 Å². The summed E-state index contributed by atoms with van der Waals surface area (Å²) < 4.78 is 0. The standard InChI is InChI=1S/C21H21N3O2/c1-2-20(25)23-18-9-5-8-17(13-18)22-14-21(26)24-19-11-10-15-6-3-4-7-16(15)12-19/h3-13,22H,2,14H2,1H3,(H,23,25)(H,24,26). The molecule has 0 aliphatic heterocycles. The van der Waals surface area contributed by atoms with Crippen molar-refractivity contribution in [2.75, 3.05) is 22.5 Å². The van der Waals surface area contributed by atoms with E-state index in [4.69, 9.17) is 0 Å². The molecule has 0 unspecified atom stereocenters. The summed E-state index contributed by atoms with van der Waals surface area (Å²) in [6, 6.07) is 21.1. The van der Waals surface area contributed by atoms with Crippen LogP contribution in [0.2, 0.25) is 0 Å². The van der Waals surface area contributed by atoms with E-state index in [1.807, 2.05) is 60.7 Å². The molecule has 0 saturated carbocycles. The van der Waals surface area contributed by atoms with E-state index in [-0.39, 0.29) is 18.4 Å². The molecule has 2 amide bonds. The lowest BCUT2D eigenvalue weighted by atomic mass is 10.1. The number of carbonyl (C=O) groups is 2. The molecule has 3 N–H and O–H groups in total. The predicted octanol–water partition coefficient (Wildman–Crippen LogP) is 4.24. The fourth-order valence-corrected chi connectivity index (χ4v) is 2.61. The van der Waals surface area contributed by atoms with Gasteiger partial charge in [-0.15, -0.1) is 0 Å². The van der Waals surface area contributed by atoms with Crippen molar-refractivity contribution in [3.05, 3.63) is 66.7 Å². The number of benzene rings is 3. The monoisotopic (exact) mass is 347 g/mol. The van der Waals surface area contributed by atoms with Gasteiger partial charge in [-0.25, -0.2) is 0 Å². The summed E-state index contributed by atoms with van der Waals surface area (Å²) in [6.45, 7) is 1.94. The molecule has 3 aromatic carbocycles. The predicted molar refractivity (Wildman–Crippen MR) is 106 cm³/mol. The van der Waals surface area contributed by atoms with Gasteiger partial charge in [-0.2, -0.15) is 0 Å². The molecule has 0 aliphatic rings. The van der Waals surface area contributed by atoms with Crippen LogP contribution < -0.4 is 16.0 Å². The highest BCUT2D eigenvalue weighted by Gasteiger charge is 2.05. The quantitative estimate of drug-likeness (QED) is 0.625. The Labute approximate surface area is 152 Å². The van der Waals surface area contributed by atoms with Gasteiger partial charge < -0.3 is 16.0 Å². The van der Waals surface area contributed by atoms with Gasteiger partial charge in [0.15, 0.2) is 0 Å². The molecule has 0 spiro atoms. The van der Waals surface area contributed by atoms with E-state index in [2.05, 4.69) is 16.0 Å². The van der Waals surface area contributed by atoms with Gasteiger partial charge in [-0.05, 0) is 41.1 Å². The van der Waals surface area contributed by atoms with Gasteiger partial charge in [0.1, 0.15) is 0 Å². The number of amides is 2. The van der Waals surface area contributed by atoms with E-state index in [9.17, 15) is 9.59 Å². The lowest BCUT2D eigenvalue weighted by Gasteiger charge is -2.10. The summed E-state index contributed by atoms with van der Waals surface area (Å²) in [6.07, 6.45) is 0.422. The average molecular weight is 347 g/mol. The summed E-state index contributed by atoms with van der Waals surface area (Å²) >= 11 is 0. The first kappa shape index (κ1) is 17.5. The average Bonchev–Trinajstić information content (AvgIpc) is 2.66. The lowest BCUT2D eigenvalue weighted by molar-refractivity contribution is -0.116. The van der Waals surface area contributed by atoms with Gasteiger partial charge in [-0.3, -0.25) is 9.59 Å². The molecule has 132 valence electrons. The first-order valence-corrected chi connectivity index (χ1v) is 8.56. The van der Waals surface area contributed by atoms with Crippen molar-refractivity contribution in [1.29, 1.82) is 0 Å². The fraction of sp³-hybridized carbons (Fsp3) is 0.143. The van der Waals surface area contributed by atoms with Gasteiger partial charge in [0.25, 0.3) is 0 Å². The van der Waals surface area contributed by atoms with Crippen LogP contribution in [0, 0.1) is 0 Å². The van der Waals surface area contributed by atoms with Gasteiger partial charge in [0.05, 0.1) is 6.54 Å². The third kappa shape index (κ3) is 4.60. The summed E-state index contributed by atoms with van der Waals surface area (Å²) in [7, 11) is 0. The Balaban J connectivity index is 1.58. The molecule has 0 fully saturated rings. The Morgan fingerprint density at radius 2 is 1.42 bits per heavy atom. The SMILES string of the molecule is CCC(=O)Nc1cccc(NCC(=O)Nc2ccc3ccccc3c2)c1. The van der Waals surface area contributed by atoms with Crippen molar-refractivity contribution < 1.29 is 9.59 Å². The van der Waals surface area contributed by atoms with Crippen LogP contribution in [0.4, 0.5) is 17.1 Å². The molecule has 26 heavy (non-hydrogen) atoms. The molecule has 3 rings (SSSR count). The van der Waals surface area contributed by atoms with Gasteiger partial charge in [-0.1, -0.05) is 43.3 Å². The first-order valence-electron chi connectivity index (χ1n) is 8.56. The van der Waals surface area contributed by atoms with Crippen LogP contribution in [0.5, 0.6) is 0 Å². The van der Waals surface area contributed by atoms with E-state index in [0.717, 1.165) is 22.1 Å². The van der Waals surface area contributed by atoms with Crippen molar-refractivity contribution in [2.45, 2.75) is 13.3 Å². The largest absolute Gasteiger partial charge is 0.376 e. The summed E-state index contributed by atoms with van der Waals surface area (Å²) in [4.78, 5) is 23.6. The van der Waals surface area contributed by atoms with Crippen molar-refractivity contribution in [1.82, 2.24) is 0 Å². The minimum atomic E-state index is -0.136. The fourth-order valence-electron chi connectivity index (χ4n) is 2.61. The second kappa shape index (κ2) is 8.16. The van der Waals surface area contributed by atoms with Crippen LogP contribution >= 0.6 is 0 Å². The van der Waals surface area contributed by atoms with Crippen LogP contribution in [-0.2, 0) is 9.59 Å². The maximum absolute atomic E-state index is 12.2. The number of hydrogen-bond donors (Lipinski definition) is 3. The highest BCUT2D eigenvalue weighted by atomic mass is 16.2. The zero-order chi connectivity index (χ0) is 18.4. The topological polar surface area (TPSA) is 70.2 Å². The molecule has 0 aliphatic carbocycles. The molecule has 0 aromatic heterocycles. The maximum atomic E-state index is 12.2. The number of rotatable bonds is 6. The molecule has 3 aromatic rings. The zero-order valence-corrected chi connectivity index (χ0v) is 14.6. The number of carbonyl (C=O) groups excluding carboxylic acids is 2. The first-order chi connectivity index (χ1) is 12.6. The van der Waals surface area contributed by atoms with Crippen LogP contribution in [0.1, 0.15) is 13.3 Å². The molecular weight excluding hydrogens is 326 g/mol. The Bertz CT molecular complexity index is 937. The van der Waals surface area contributed by atoms with E-state index >= 15 is 0 Å². The molecular formula is C21H21N3O2. The van der Waals surface area contributed by atoms with Gasteiger partial charge in [0.2, 0.25) is 11.8 Å². The van der Waals surface area contributed by atoms with E-state index in [1.165, 1.54) is 0 Å². The third-order valence-electron chi connectivity index (χ3n) is 3.95. The Hall–Kier alpha value is -3.34. The van der Waals surface area contributed by atoms with Crippen LogP contribution in [0.25, 0.3) is 10.8 Å². The van der Waals surface area contributed by atoms with Crippen LogP contribution in [0.3, 0.4) is 0 Å². The van der Waals surface area contributed by atoms with Crippen LogP contribution in [-0.4, -0.2) is 18.4 Å². The van der Waals surface area contributed by atoms with Crippen molar-refractivity contribution in [3.8, 4) is 0 Å². The summed E-state index contributed by atoms with van der Waals surface area (Å²) in [5.74, 6) is -0.181. The number of anilines is 3. The molecule has 0 saturated heterocycles. The lowest BCUT2D eigenvalue weighted by Crippen LogP contribution is -2.21. The number of nitrogens with one attached hydrogen (secondary N) is 3. The van der Waals surface area contributed by atoms with Crippen molar-refractivity contribution in [3.63, 3.8) is 0 Å². The summed E-state index contributed by atoms with van der Waals surface area (Å²) in [5, 5.41) is 11.0. The van der Waals surface area contributed by atoms with Crippen molar-refractivity contribution in [2.24, 2.45) is 0 Å². The van der Waals surface area contributed by atoms with E-state index < -0.39 is 0 Å². The highest BCUT2D eigenvalue weighted by molar-refractivity contribution is 5.96. The van der Waals surface area contributed by atoms with Crippen LogP contribution in [0.15, 0.2) is 66.7 Å². The Morgan fingerprint density at radius 3 is 2.23 bits per heavy atom. The maximum Gasteiger partial charge on any atom is 0.243 e. The molecule has 5 nitrogen and oxygen atoms in total.